The maximum absolute atomic E-state index is 12.1. The van der Waals surface area contributed by atoms with Gasteiger partial charge in [-0.2, -0.15) is 0 Å². The van der Waals surface area contributed by atoms with Gasteiger partial charge in [0, 0.05) is 28.9 Å². The quantitative estimate of drug-likeness (QED) is 0.675. The molecule has 2 aromatic rings. The Morgan fingerprint density at radius 2 is 1.70 bits per heavy atom. The van der Waals surface area contributed by atoms with Gasteiger partial charge in [0.1, 0.15) is 5.02 Å². The number of nitro groups is 2. The van der Waals surface area contributed by atoms with E-state index >= 15 is 0 Å². The molecule has 1 amide bonds. The number of nitrogens with zero attached hydrogens (tertiary/aromatic N) is 2. The van der Waals surface area contributed by atoms with E-state index in [0.717, 1.165) is 6.07 Å². The van der Waals surface area contributed by atoms with Gasteiger partial charge < -0.3 is 5.32 Å². The molecule has 8 nitrogen and oxygen atoms in total. The molecule has 1 N–H and O–H groups in total. The van der Waals surface area contributed by atoms with Crippen molar-refractivity contribution in [3.05, 3.63) is 72.8 Å². The first kappa shape index (κ1) is 16.4. The molecule has 0 fully saturated rings. The van der Waals surface area contributed by atoms with Crippen molar-refractivity contribution in [1.29, 1.82) is 0 Å². The second-order valence-electron chi connectivity index (χ2n) is 4.64. The molecular formula is C14H10ClN3O5. The maximum atomic E-state index is 12.1. The number of benzene rings is 2. The molecule has 0 saturated carbocycles. The smallest absolute Gasteiger partial charge is 0.289 e. The fourth-order valence-electron chi connectivity index (χ4n) is 1.94. The second kappa shape index (κ2) is 6.41. The summed E-state index contributed by atoms with van der Waals surface area (Å²) >= 11 is 5.69. The van der Waals surface area contributed by atoms with Crippen LogP contribution in [0.2, 0.25) is 5.02 Å². The van der Waals surface area contributed by atoms with E-state index in [4.69, 9.17) is 11.6 Å². The fourth-order valence-corrected chi connectivity index (χ4v) is 2.12. The van der Waals surface area contributed by atoms with Gasteiger partial charge in [0.05, 0.1) is 9.85 Å². The summed E-state index contributed by atoms with van der Waals surface area (Å²) in [5.74, 6) is -0.542. The third kappa shape index (κ3) is 3.61. The van der Waals surface area contributed by atoms with E-state index in [1.165, 1.54) is 37.3 Å². The number of amides is 1. The Bertz CT molecular complexity index is 822. The van der Waals surface area contributed by atoms with Crippen LogP contribution in [0.1, 0.15) is 15.9 Å². The Morgan fingerprint density at radius 1 is 1.04 bits per heavy atom. The number of nitro benzene ring substituents is 2. The van der Waals surface area contributed by atoms with Crippen LogP contribution in [0.15, 0.2) is 36.4 Å². The van der Waals surface area contributed by atoms with Crippen molar-refractivity contribution in [1.82, 2.24) is 0 Å². The van der Waals surface area contributed by atoms with Gasteiger partial charge in [-0.15, -0.1) is 0 Å². The molecule has 2 rings (SSSR count). The third-order valence-corrected chi connectivity index (χ3v) is 3.38. The van der Waals surface area contributed by atoms with E-state index in [1.54, 1.807) is 0 Å². The lowest BCUT2D eigenvalue weighted by atomic mass is 10.1. The average molecular weight is 336 g/mol. The summed E-state index contributed by atoms with van der Waals surface area (Å²) in [6.45, 7) is 1.52. The van der Waals surface area contributed by atoms with Crippen molar-refractivity contribution in [2.75, 3.05) is 5.32 Å². The van der Waals surface area contributed by atoms with Crippen molar-refractivity contribution in [2.45, 2.75) is 6.92 Å². The van der Waals surface area contributed by atoms with E-state index in [9.17, 15) is 25.0 Å². The molecule has 0 saturated heterocycles. The number of aryl methyl sites for hydroxylation is 1. The van der Waals surface area contributed by atoms with Gasteiger partial charge in [-0.25, -0.2) is 0 Å². The van der Waals surface area contributed by atoms with E-state index < -0.39 is 15.8 Å². The minimum absolute atomic E-state index is 0.0424. The number of carbonyl (C=O) groups excluding carboxylic acids is 1. The molecule has 0 heterocycles. The van der Waals surface area contributed by atoms with Gasteiger partial charge in [0.15, 0.2) is 0 Å². The molecule has 0 atom stereocenters. The van der Waals surface area contributed by atoms with Gasteiger partial charge in [0.2, 0.25) is 0 Å². The standard InChI is InChI=1S/C14H10ClN3O5/c1-8-6-9(2-5-12(8)17(20)21)14(19)16-10-3-4-11(15)13(7-10)18(22)23/h2-7H,1H3,(H,16,19). The van der Waals surface area contributed by atoms with Crippen LogP contribution < -0.4 is 5.32 Å². The zero-order valence-electron chi connectivity index (χ0n) is 11.8. The van der Waals surface area contributed by atoms with Crippen molar-refractivity contribution in [3.63, 3.8) is 0 Å². The van der Waals surface area contributed by atoms with Crippen LogP contribution in [0.3, 0.4) is 0 Å². The molecule has 2 aromatic carbocycles. The first-order valence-corrected chi connectivity index (χ1v) is 6.67. The Balaban J connectivity index is 2.26. The topological polar surface area (TPSA) is 115 Å². The van der Waals surface area contributed by atoms with Crippen LogP contribution in [0.25, 0.3) is 0 Å². The lowest BCUT2D eigenvalue weighted by Gasteiger charge is -2.06. The SMILES string of the molecule is Cc1cc(C(=O)Nc2ccc(Cl)c([N+](=O)[O-])c2)ccc1[N+](=O)[O-]. The van der Waals surface area contributed by atoms with Crippen LogP contribution >= 0.6 is 11.6 Å². The zero-order valence-corrected chi connectivity index (χ0v) is 12.5. The van der Waals surface area contributed by atoms with E-state index in [-0.39, 0.29) is 27.6 Å². The number of rotatable bonds is 4. The summed E-state index contributed by atoms with van der Waals surface area (Å²) in [5.41, 5.74) is 0.311. The summed E-state index contributed by atoms with van der Waals surface area (Å²) in [6.07, 6.45) is 0. The third-order valence-electron chi connectivity index (χ3n) is 3.06. The Kier molecular flexibility index (Phi) is 4.56. The number of nitrogens with one attached hydrogen (secondary N) is 1. The molecule has 118 valence electrons. The molecule has 9 heteroatoms. The maximum Gasteiger partial charge on any atom is 0.289 e. The Morgan fingerprint density at radius 3 is 2.26 bits per heavy atom. The van der Waals surface area contributed by atoms with Crippen molar-refractivity contribution in [3.8, 4) is 0 Å². The predicted octanol–water partition coefficient (Wildman–Crippen LogP) is 3.72. The second-order valence-corrected chi connectivity index (χ2v) is 5.04. The van der Waals surface area contributed by atoms with Gasteiger partial charge in [-0.1, -0.05) is 11.6 Å². The normalized spacial score (nSPS) is 10.2. The van der Waals surface area contributed by atoms with Crippen LogP contribution in [0.4, 0.5) is 17.1 Å². The average Bonchev–Trinajstić information content (AvgIpc) is 2.48. The number of carbonyl (C=O) groups is 1. The highest BCUT2D eigenvalue weighted by atomic mass is 35.5. The van der Waals surface area contributed by atoms with Crippen LogP contribution in [0.5, 0.6) is 0 Å². The van der Waals surface area contributed by atoms with Crippen LogP contribution in [0, 0.1) is 27.2 Å². The highest BCUT2D eigenvalue weighted by Gasteiger charge is 2.16. The minimum Gasteiger partial charge on any atom is -0.322 e. The molecule has 0 aliphatic carbocycles. The van der Waals surface area contributed by atoms with Gasteiger partial charge >= 0.3 is 0 Å². The molecule has 0 bridgehead atoms. The van der Waals surface area contributed by atoms with Crippen LogP contribution in [-0.2, 0) is 0 Å². The first-order chi connectivity index (χ1) is 10.8. The fraction of sp³-hybridized carbons (Fsp3) is 0.0714. The summed E-state index contributed by atoms with van der Waals surface area (Å²) < 4.78 is 0. The molecule has 0 aliphatic heterocycles. The number of hydrogen-bond acceptors (Lipinski definition) is 5. The summed E-state index contributed by atoms with van der Waals surface area (Å²) in [6, 6.07) is 7.78. The van der Waals surface area contributed by atoms with Gasteiger partial charge in [0.25, 0.3) is 17.3 Å². The minimum atomic E-state index is -0.659. The van der Waals surface area contributed by atoms with Crippen molar-refractivity contribution < 1.29 is 14.6 Å². The van der Waals surface area contributed by atoms with Crippen molar-refractivity contribution >= 4 is 34.6 Å². The summed E-state index contributed by atoms with van der Waals surface area (Å²) in [4.78, 5) is 32.5. The predicted molar refractivity (Wildman–Crippen MR) is 83.9 cm³/mol. The highest BCUT2D eigenvalue weighted by molar-refractivity contribution is 6.32. The molecule has 0 spiro atoms. The molecule has 0 unspecified atom stereocenters. The molecule has 0 aromatic heterocycles. The molecule has 0 aliphatic rings. The number of halogens is 1. The summed E-state index contributed by atoms with van der Waals surface area (Å²) in [7, 11) is 0. The van der Waals surface area contributed by atoms with E-state index in [0.29, 0.717) is 5.56 Å². The highest BCUT2D eigenvalue weighted by Crippen LogP contribution is 2.28. The number of hydrogen-bond donors (Lipinski definition) is 1. The number of anilines is 1. The lowest BCUT2D eigenvalue weighted by molar-refractivity contribution is -0.385. The summed E-state index contributed by atoms with van der Waals surface area (Å²) in [5, 5.41) is 24.0. The Hall–Kier alpha value is -3.00. The van der Waals surface area contributed by atoms with Crippen molar-refractivity contribution in [2.24, 2.45) is 0 Å². The van der Waals surface area contributed by atoms with Crippen LogP contribution in [-0.4, -0.2) is 15.8 Å². The van der Waals surface area contributed by atoms with E-state index in [1.807, 2.05) is 0 Å². The lowest BCUT2D eigenvalue weighted by Crippen LogP contribution is -2.12. The monoisotopic (exact) mass is 335 g/mol. The first-order valence-electron chi connectivity index (χ1n) is 6.30. The Labute approximate surface area is 135 Å². The molecule has 0 radical (unpaired) electrons. The van der Waals surface area contributed by atoms with Gasteiger partial charge in [-0.3, -0.25) is 25.0 Å². The largest absolute Gasteiger partial charge is 0.322 e. The molecule has 23 heavy (non-hydrogen) atoms. The van der Waals surface area contributed by atoms with E-state index in [2.05, 4.69) is 5.32 Å². The van der Waals surface area contributed by atoms with Gasteiger partial charge in [-0.05, 0) is 31.2 Å². The molecular weight excluding hydrogens is 326 g/mol. The zero-order chi connectivity index (χ0) is 17.1.